The zero-order valence-electron chi connectivity index (χ0n) is 9.67. The minimum Gasteiger partial charge on any atom is -0.381 e. The second-order valence-electron chi connectivity index (χ2n) is 3.95. The molecule has 0 aliphatic heterocycles. The van der Waals surface area contributed by atoms with E-state index in [1.54, 1.807) is 6.20 Å². The van der Waals surface area contributed by atoms with E-state index in [1.165, 1.54) is 12.1 Å². The maximum Gasteiger partial charge on any atom is 0.416 e. The van der Waals surface area contributed by atoms with Gasteiger partial charge in [-0.2, -0.15) is 18.3 Å². The molecule has 0 atom stereocenters. The molecule has 1 aromatic carbocycles. The molecule has 1 heterocycles. The van der Waals surface area contributed by atoms with Crippen molar-refractivity contribution in [1.82, 2.24) is 10.2 Å². The minimum absolute atomic E-state index is 0.522. The summed E-state index contributed by atoms with van der Waals surface area (Å²) >= 11 is 0. The van der Waals surface area contributed by atoms with Crippen molar-refractivity contribution in [2.24, 2.45) is 0 Å². The number of nitrogens with one attached hydrogen (secondary N) is 2. The number of H-pyrrole nitrogens is 1. The van der Waals surface area contributed by atoms with Crippen LogP contribution in [0.4, 0.5) is 18.9 Å². The molecule has 0 spiro atoms. The fraction of sp³-hybridized carbons (Fsp3) is 0.250. The van der Waals surface area contributed by atoms with Crippen molar-refractivity contribution in [3.8, 4) is 0 Å². The highest BCUT2D eigenvalue weighted by Crippen LogP contribution is 2.29. The van der Waals surface area contributed by atoms with Crippen LogP contribution in [0.5, 0.6) is 0 Å². The Bertz CT molecular complexity index is 514. The first kappa shape index (κ1) is 12.5. The molecule has 0 unspecified atom stereocenters. The zero-order chi connectivity index (χ0) is 13.2. The number of hydrogen-bond acceptors (Lipinski definition) is 2. The summed E-state index contributed by atoms with van der Waals surface area (Å²) in [6.07, 6.45) is -2.61. The molecule has 2 aromatic rings. The molecule has 6 heteroatoms. The quantitative estimate of drug-likeness (QED) is 0.883. The Morgan fingerprint density at radius 2 is 1.89 bits per heavy atom. The normalized spacial score (nSPS) is 11.6. The van der Waals surface area contributed by atoms with E-state index in [0.29, 0.717) is 12.2 Å². The van der Waals surface area contributed by atoms with Crippen molar-refractivity contribution < 1.29 is 13.2 Å². The molecule has 0 saturated heterocycles. The third-order valence-corrected chi connectivity index (χ3v) is 2.63. The molecule has 3 nitrogen and oxygen atoms in total. The van der Waals surface area contributed by atoms with E-state index in [-0.39, 0.29) is 0 Å². The summed E-state index contributed by atoms with van der Waals surface area (Å²) in [5.41, 5.74) is 1.92. The van der Waals surface area contributed by atoms with Gasteiger partial charge >= 0.3 is 6.18 Å². The lowest BCUT2D eigenvalue weighted by molar-refractivity contribution is -0.137. The molecular formula is C12H12F3N3. The van der Waals surface area contributed by atoms with E-state index in [1.807, 2.05) is 6.92 Å². The number of aryl methyl sites for hydroxylation is 1. The summed E-state index contributed by atoms with van der Waals surface area (Å²) in [7, 11) is 0. The Labute approximate surface area is 102 Å². The van der Waals surface area contributed by atoms with Crippen LogP contribution < -0.4 is 5.32 Å². The average molecular weight is 255 g/mol. The van der Waals surface area contributed by atoms with E-state index in [9.17, 15) is 13.2 Å². The van der Waals surface area contributed by atoms with Crippen molar-refractivity contribution in [3.63, 3.8) is 0 Å². The van der Waals surface area contributed by atoms with Crippen LogP contribution in [0, 0.1) is 6.92 Å². The van der Waals surface area contributed by atoms with Gasteiger partial charge in [0.15, 0.2) is 0 Å². The standard InChI is InChI=1S/C12H12F3N3/c1-8-9(7-17-18-8)6-16-11-4-2-10(3-5-11)12(13,14)15/h2-5,7,16H,6H2,1H3,(H,17,18). The van der Waals surface area contributed by atoms with Gasteiger partial charge in [-0.15, -0.1) is 0 Å². The fourth-order valence-electron chi connectivity index (χ4n) is 1.53. The summed E-state index contributed by atoms with van der Waals surface area (Å²) in [6, 6.07) is 4.95. The lowest BCUT2D eigenvalue weighted by Crippen LogP contribution is -2.05. The Kier molecular flexibility index (Phi) is 3.27. The number of aromatic nitrogens is 2. The number of anilines is 1. The average Bonchev–Trinajstić information content (AvgIpc) is 2.72. The third kappa shape index (κ3) is 2.82. The van der Waals surface area contributed by atoms with Gasteiger partial charge in [-0.3, -0.25) is 5.10 Å². The Morgan fingerprint density at radius 1 is 1.22 bits per heavy atom. The van der Waals surface area contributed by atoms with Gasteiger partial charge in [0.25, 0.3) is 0 Å². The molecule has 0 bridgehead atoms. The maximum absolute atomic E-state index is 12.3. The van der Waals surface area contributed by atoms with Gasteiger partial charge < -0.3 is 5.32 Å². The molecule has 2 rings (SSSR count). The molecule has 1 aromatic heterocycles. The van der Waals surface area contributed by atoms with Crippen LogP contribution in [0.1, 0.15) is 16.8 Å². The summed E-state index contributed by atoms with van der Waals surface area (Å²) in [6.45, 7) is 2.41. The molecular weight excluding hydrogens is 243 g/mol. The fourth-order valence-corrected chi connectivity index (χ4v) is 1.53. The predicted octanol–water partition coefficient (Wildman–Crippen LogP) is 3.35. The highest BCUT2D eigenvalue weighted by Gasteiger charge is 2.29. The molecule has 96 valence electrons. The van der Waals surface area contributed by atoms with Crippen LogP contribution in [0.2, 0.25) is 0 Å². The SMILES string of the molecule is Cc1[nH]ncc1CNc1ccc(C(F)(F)F)cc1. The van der Waals surface area contributed by atoms with Crippen molar-refractivity contribution in [1.29, 1.82) is 0 Å². The van der Waals surface area contributed by atoms with Crippen LogP contribution in [0.25, 0.3) is 0 Å². The van der Waals surface area contributed by atoms with Crippen LogP contribution >= 0.6 is 0 Å². The van der Waals surface area contributed by atoms with Gasteiger partial charge in [-0.05, 0) is 31.2 Å². The van der Waals surface area contributed by atoms with Gasteiger partial charge in [0.2, 0.25) is 0 Å². The van der Waals surface area contributed by atoms with E-state index < -0.39 is 11.7 Å². The van der Waals surface area contributed by atoms with Crippen LogP contribution in [0.3, 0.4) is 0 Å². The van der Waals surface area contributed by atoms with Gasteiger partial charge in [-0.1, -0.05) is 0 Å². The molecule has 18 heavy (non-hydrogen) atoms. The minimum atomic E-state index is -4.29. The number of aromatic amines is 1. The van der Waals surface area contributed by atoms with Crippen molar-refractivity contribution in [3.05, 3.63) is 47.3 Å². The number of halogens is 3. The van der Waals surface area contributed by atoms with E-state index in [4.69, 9.17) is 0 Å². The Morgan fingerprint density at radius 3 is 2.39 bits per heavy atom. The Hall–Kier alpha value is -1.98. The maximum atomic E-state index is 12.3. The third-order valence-electron chi connectivity index (χ3n) is 2.63. The summed E-state index contributed by atoms with van der Waals surface area (Å²) < 4.78 is 37.0. The number of hydrogen-bond donors (Lipinski definition) is 2. The highest BCUT2D eigenvalue weighted by atomic mass is 19.4. The number of alkyl halides is 3. The molecule has 0 aliphatic carbocycles. The van der Waals surface area contributed by atoms with E-state index >= 15 is 0 Å². The molecule has 0 fully saturated rings. The van der Waals surface area contributed by atoms with Crippen molar-refractivity contribution in [2.75, 3.05) is 5.32 Å². The summed E-state index contributed by atoms with van der Waals surface area (Å²) in [5.74, 6) is 0. The smallest absolute Gasteiger partial charge is 0.381 e. The molecule has 2 N–H and O–H groups in total. The Balaban J connectivity index is 2.01. The van der Waals surface area contributed by atoms with Crippen LogP contribution in [-0.4, -0.2) is 10.2 Å². The number of rotatable bonds is 3. The number of benzene rings is 1. The van der Waals surface area contributed by atoms with Gasteiger partial charge in [-0.25, -0.2) is 0 Å². The monoisotopic (exact) mass is 255 g/mol. The topological polar surface area (TPSA) is 40.7 Å². The summed E-state index contributed by atoms with van der Waals surface area (Å²) in [4.78, 5) is 0. The lowest BCUT2D eigenvalue weighted by atomic mass is 10.2. The number of nitrogens with zero attached hydrogens (tertiary/aromatic N) is 1. The zero-order valence-corrected chi connectivity index (χ0v) is 9.67. The first-order valence-electron chi connectivity index (χ1n) is 5.37. The predicted molar refractivity (Wildman–Crippen MR) is 62.1 cm³/mol. The molecule has 0 saturated carbocycles. The van der Waals surface area contributed by atoms with Crippen LogP contribution in [-0.2, 0) is 12.7 Å². The first-order chi connectivity index (χ1) is 8.47. The highest BCUT2D eigenvalue weighted by molar-refractivity contribution is 5.45. The lowest BCUT2D eigenvalue weighted by Gasteiger charge is -2.09. The molecule has 0 radical (unpaired) electrons. The van der Waals surface area contributed by atoms with E-state index in [0.717, 1.165) is 23.4 Å². The van der Waals surface area contributed by atoms with Gasteiger partial charge in [0.1, 0.15) is 0 Å². The van der Waals surface area contributed by atoms with Crippen LogP contribution in [0.15, 0.2) is 30.5 Å². The second kappa shape index (κ2) is 4.72. The molecule has 0 amide bonds. The van der Waals surface area contributed by atoms with Gasteiger partial charge in [0.05, 0.1) is 11.8 Å². The largest absolute Gasteiger partial charge is 0.416 e. The second-order valence-corrected chi connectivity index (χ2v) is 3.95. The van der Waals surface area contributed by atoms with Crippen molar-refractivity contribution in [2.45, 2.75) is 19.6 Å². The molecule has 0 aliphatic rings. The van der Waals surface area contributed by atoms with Gasteiger partial charge in [0, 0.05) is 23.5 Å². The van der Waals surface area contributed by atoms with Crippen molar-refractivity contribution >= 4 is 5.69 Å². The van der Waals surface area contributed by atoms with E-state index in [2.05, 4.69) is 15.5 Å². The summed E-state index contributed by atoms with van der Waals surface area (Å²) in [5, 5.41) is 9.70. The first-order valence-corrected chi connectivity index (χ1v) is 5.37.